The summed E-state index contributed by atoms with van der Waals surface area (Å²) in [7, 11) is 0. The van der Waals surface area contributed by atoms with Crippen LogP contribution in [0, 0.1) is 5.92 Å². The van der Waals surface area contributed by atoms with Crippen molar-refractivity contribution in [1.82, 2.24) is 9.97 Å². The molecular weight excluding hydrogens is 298 g/mol. The summed E-state index contributed by atoms with van der Waals surface area (Å²) in [5.41, 5.74) is 3.69. The summed E-state index contributed by atoms with van der Waals surface area (Å²) < 4.78 is 0. The van der Waals surface area contributed by atoms with E-state index >= 15 is 0 Å². The zero-order valence-electron chi connectivity index (χ0n) is 13.6. The van der Waals surface area contributed by atoms with E-state index in [2.05, 4.69) is 15.3 Å². The Bertz CT molecular complexity index is 829. The van der Waals surface area contributed by atoms with Gasteiger partial charge in [-0.3, -0.25) is 4.79 Å². The predicted octanol–water partition coefficient (Wildman–Crippen LogP) is 4.75. The van der Waals surface area contributed by atoms with Crippen LogP contribution in [0.15, 0.2) is 48.5 Å². The second-order valence-corrected chi connectivity index (χ2v) is 6.47. The van der Waals surface area contributed by atoms with Crippen molar-refractivity contribution in [3.05, 3.63) is 48.5 Å². The van der Waals surface area contributed by atoms with Crippen molar-refractivity contribution in [3.63, 3.8) is 0 Å². The molecule has 0 bridgehead atoms. The molecule has 24 heavy (non-hydrogen) atoms. The predicted molar refractivity (Wildman–Crippen MR) is 96.7 cm³/mol. The number of nitrogens with one attached hydrogen (secondary N) is 2. The van der Waals surface area contributed by atoms with Crippen LogP contribution in [-0.2, 0) is 4.79 Å². The fourth-order valence-corrected chi connectivity index (χ4v) is 3.48. The number of carbonyl (C=O) groups excluding carboxylic acids is 1. The van der Waals surface area contributed by atoms with E-state index in [1.807, 2.05) is 48.5 Å². The molecule has 4 nitrogen and oxygen atoms in total. The number of anilines is 1. The Morgan fingerprint density at radius 1 is 1.00 bits per heavy atom. The molecule has 1 aliphatic carbocycles. The van der Waals surface area contributed by atoms with Crippen molar-refractivity contribution in [2.45, 2.75) is 32.1 Å². The highest BCUT2D eigenvalue weighted by Crippen LogP contribution is 2.30. The number of hydrogen-bond acceptors (Lipinski definition) is 2. The third-order valence-electron chi connectivity index (χ3n) is 4.81. The molecule has 3 aromatic rings. The molecule has 0 spiro atoms. The van der Waals surface area contributed by atoms with Gasteiger partial charge in [-0.2, -0.15) is 0 Å². The number of nitrogens with zero attached hydrogens (tertiary/aromatic N) is 1. The molecule has 1 amide bonds. The van der Waals surface area contributed by atoms with Gasteiger partial charge >= 0.3 is 0 Å². The molecule has 0 radical (unpaired) electrons. The minimum Gasteiger partial charge on any atom is -0.338 e. The number of H-pyrrole nitrogens is 1. The minimum absolute atomic E-state index is 0.137. The van der Waals surface area contributed by atoms with Crippen molar-refractivity contribution in [1.29, 1.82) is 0 Å². The lowest BCUT2D eigenvalue weighted by Crippen LogP contribution is -2.25. The number of hydrogen-bond donors (Lipinski definition) is 2. The number of para-hydroxylation sites is 3. The molecule has 0 saturated heterocycles. The Labute approximate surface area is 141 Å². The van der Waals surface area contributed by atoms with Crippen molar-refractivity contribution < 1.29 is 4.79 Å². The highest BCUT2D eigenvalue weighted by Gasteiger charge is 2.22. The highest BCUT2D eigenvalue weighted by molar-refractivity contribution is 5.96. The molecule has 0 atom stereocenters. The van der Waals surface area contributed by atoms with Gasteiger partial charge in [0, 0.05) is 11.5 Å². The summed E-state index contributed by atoms with van der Waals surface area (Å²) in [5, 5.41) is 3.12. The van der Waals surface area contributed by atoms with Gasteiger partial charge in [0.15, 0.2) is 0 Å². The summed E-state index contributed by atoms with van der Waals surface area (Å²) >= 11 is 0. The average Bonchev–Trinajstić information content (AvgIpc) is 3.07. The number of carbonyl (C=O) groups is 1. The van der Waals surface area contributed by atoms with Crippen LogP contribution in [-0.4, -0.2) is 15.9 Å². The van der Waals surface area contributed by atoms with Gasteiger partial charge in [-0.25, -0.2) is 4.98 Å². The number of aromatic nitrogens is 2. The normalized spacial score (nSPS) is 15.5. The first-order valence-corrected chi connectivity index (χ1v) is 8.66. The Hall–Kier alpha value is -2.62. The SMILES string of the molecule is O=C(Nc1ccccc1-c1nc2ccccc2[nH]1)C1CCCCC1. The Kier molecular flexibility index (Phi) is 4.03. The second kappa shape index (κ2) is 6.48. The quantitative estimate of drug-likeness (QED) is 0.732. The van der Waals surface area contributed by atoms with Crippen LogP contribution in [0.4, 0.5) is 5.69 Å². The van der Waals surface area contributed by atoms with E-state index in [9.17, 15) is 4.79 Å². The molecule has 1 heterocycles. The molecule has 122 valence electrons. The monoisotopic (exact) mass is 319 g/mol. The van der Waals surface area contributed by atoms with E-state index in [1.165, 1.54) is 6.42 Å². The highest BCUT2D eigenvalue weighted by atomic mass is 16.1. The van der Waals surface area contributed by atoms with E-state index < -0.39 is 0 Å². The largest absolute Gasteiger partial charge is 0.338 e. The third kappa shape index (κ3) is 2.92. The van der Waals surface area contributed by atoms with Gasteiger partial charge in [0.25, 0.3) is 0 Å². The molecule has 0 aliphatic heterocycles. The van der Waals surface area contributed by atoms with Gasteiger partial charge in [-0.1, -0.05) is 43.5 Å². The summed E-state index contributed by atoms with van der Waals surface area (Å²) in [5.74, 6) is 1.07. The van der Waals surface area contributed by atoms with Gasteiger partial charge in [-0.15, -0.1) is 0 Å². The molecule has 1 saturated carbocycles. The van der Waals surface area contributed by atoms with E-state index in [1.54, 1.807) is 0 Å². The fraction of sp³-hybridized carbons (Fsp3) is 0.300. The summed E-state index contributed by atoms with van der Waals surface area (Å²) in [6, 6.07) is 15.8. The molecule has 4 rings (SSSR count). The van der Waals surface area contributed by atoms with Gasteiger partial charge in [0.1, 0.15) is 5.82 Å². The first-order chi connectivity index (χ1) is 11.8. The van der Waals surface area contributed by atoms with Crippen LogP contribution < -0.4 is 5.32 Å². The minimum atomic E-state index is 0.137. The van der Waals surface area contributed by atoms with Crippen molar-refractivity contribution in [2.24, 2.45) is 5.92 Å². The molecule has 2 aromatic carbocycles. The van der Waals surface area contributed by atoms with Crippen LogP contribution >= 0.6 is 0 Å². The Balaban J connectivity index is 1.63. The standard InChI is InChI=1S/C20H21N3O/c24-20(14-8-2-1-3-9-14)23-16-11-5-4-10-15(16)19-21-17-12-6-7-13-18(17)22-19/h4-7,10-14H,1-3,8-9H2,(H,21,22)(H,23,24). The van der Waals surface area contributed by atoms with E-state index in [0.29, 0.717) is 0 Å². The van der Waals surface area contributed by atoms with Gasteiger partial charge in [-0.05, 0) is 37.1 Å². The third-order valence-corrected chi connectivity index (χ3v) is 4.81. The molecule has 2 N–H and O–H groups in total. The van der Waals surface area contributed by atoms with Gasteiger partial charge in [0.2, 0.25) is 5.91 Å². The van der Waals surface area contributed by atoms with E-state index in [-0.39, 0.29) is 11.8 Å². The molecule has 1 aromatic heterocycles. The second-order valence-electron chi connectivity index (χ2n) is 6.47. The first kappa shape index (κ1) is 14.9. The number of rotatable bonds is 3. The van der Waals surface area contributed by atoms with Crippen LogP contribution in [0.25, 0.3) is 22.4 Å². The molecule has 0 unspecified atom stereocenters. The van der Waals surface area contributed by atoms with E-state index in [4.69, 9.17) is 0 Å². The number of benzene rings is 2. The number of amides is 1. The van der Waals surface area contributed by atoms with Crippen molar-refractivity contribution in [2.75, 3.05) is 5.32 Å². The van der Waals surface area contributed by atoms with Crippen LogP contribution in [0.2, 0.25) is 0 Å². The maximum absolute atomic E-state index is 12.6. The lowest BCUT2D eigenvalue weighted by atomic mass is 9.88. The maximum atomic E-state index is 12.6. The van der Waals surface area contributed by atoms with Crippen LogP contribution in [0.5, 0.6) is 0 Å². The van der Waals surface area contributed by atoms with E-state index in [0.717, 1.165) is 53.8 Å². The van der Waals surface area contributed by atoms with Gasteiger partial charge < -0.3 is 10.3 Å². The smallest absolute Gasteiger partial charge is 0.227 e. The molecule has 1 fully saturated rings. The number of imidazole rings is 1. The van der Waals surface area contributed by atoms with Crippen molar-refractivity contribution in [3.8, 4) is 11.4 Å². The number of aromatic amines is 1. The zero-order chi connectivity index (χ0) is 16.4. The van der Waals surface area contributed by atoms with Crippen LogP contribution in [0.3, 0.4) is 0 Å². The summed E-state index contributed by atoms with van der Waals surface area (Å²) in [4.78, 5) is 20.6. The summed E-state index contributed by atoms with van der Waals surface area (Å²) in [6.07, 6.45) is 5.56. The van der Waals surface area contributed by atoms with Crippen molar-refractivity contribution >= 4 is 22.6 Å². The van der Waals surface area contributed by atoms with Gasteiger partial charge in [0.05, 0.1) is 16.7 Å². The Morgan fingerprint density at radius 2 is 1.75 bits per heavy atom. The molecule has 1 aliphatic rings. The zero-order valence-corrected chi connectivity index (χ0v) is 13.6. The Morgan fingerprint density at radius 3 is 2.58 bits per heavy atom. The average molecular weight is 319 g/mol. The fourth-order valence-electron chi connectivity index (χ4n) is 3.48. The number of fused-ring (bicyclic) bond motifs is 1. The lowest BCUT2D eigenvalue weighted by molar-refractivity contribution is -0.120. The molecule has 4 heteroatoms. The van der Waals surface area contributed by atoms with Crippen LogP contribution in [0.1, 0.15) is 32.1 Å². The first-order valence-electron chi connectivity index (χ1n) is 8.66. The lowest BCUT2D eigenvalue weighted by Gasteiger charge is -2.21. The topological polar surface area (TPSA) is 57.8 Å². The maximum Gasteiger partial charge on any atom is 0.227 e. The summed E-state index contributed by atoms with van der Waals surface area (Å²) in [6.45, 7) is 0. The molecular formula is C20H21N3O.